The van der Waals surface area contributed by atoms with Crippen molar-refractivity contribution in [1.29, 1.82) is 0 Å². The standard InChI is InChI=1S/C12H11F2N3O/c1-15-5-10-6-17-12(7-16-10)18-11-3-8(13)2-9(14)4-11/h2-4,6-7,15H,5H2,1H3. The van der Waals surface area contributed by atoms with E-state index in [2.05, 4.69) is 15.3 Å². The predicted molar refractivity (Wildman–Crippen MR) is 61.2 cm³/mol. The second-order valence-electron chi connectivity index (χ2n) is 3.58. The molecule has 94 valence electrons. The summed E-state index contributed by atoms with van der Waals surface area (Å²) in [4.78, 5) is 8.05. The molecule has 0 atom stereocenters. The summed E-state index contributed by atoms with van der Waals surface area (Å²) in [6, 6.07) is 2.92. The molecular weight excluding hydrogens is 240 g/mol. The van der Waals surface area contributed by atoms with Crippen molar-refractivity contribution in [2.75, 3.05) is 7.05 Å². The Labute approximate surface area is 103 Å². The van der Waals surface area contributed by atoms with Crippen molar-refractivity contribution in [2.24, 2.45) is 0 Å². The van der Waals surface area contributed by atoms with Gasteiger partial charge in [0, 0.05) is 24.7 Å². The molecule has 1 aromatic carbocycles. The molecule has 1 N–H and O–H groups in total. The van der Waals surface area contributed by atoms with Crippen molar-refractivity contribution in [3.05, 3.63) is 47.9 Å². The van der Waals surface area contributed by atoms with E-state index in [1.807, 2.05) is 0 Å². The fourth-order valence-corrected chi connectivity index (χ4v) is 1.38. The summed E-state index contributed by atoms with van der Waals surface area (Å²) in [6.07, 6.45) is 2.93. The van der Waals surface area contributed by atoms with Crippen LogP contribution in [0.15, 0.2) is 30.6 Å². The summed E-state index contributed by atoms with van der Waals surface area (Å²) in [5.74, 6) is -1.18. The molecule has 0 bridgehead atoms. The maximum atomic E-state index is 12.9. The largest absolute Gasteiger partial charge is 0.437 e. The van der Waals surface area contributed by atoms with Gasteiger partial charge in [-0.05, 0) is 7.05 Å². The van der Waals surface area contributed by atoms with Gasteiger partial charge in [-0.15, -0.1) is 0 Å². The van der Waals surface area contributed by atoms with E-state index in [0.29, 0.717) is 6.54 Å². The van der Waals surface area contributed by atoms with Crippen LogP contribution in [-0.4, -0.2) is 17.0 Å². The van der Waals surface area contributed by atoms with Crippen LogP contribution in [-0.2, 0) is 6.54 Å². The maximum Gasteiger partial charge on any atom is 0.237 e. The quantitative estimate of drug-likeness (QED) is 0.905. The Morgan fingerprint density at radius 1 is 1.11 bits per heavy atom. The predicted octanol–water partition coefficient (Wildman–Crippen LogP) is 2.27. The van der Waals surface area contributed by atoms with Gasteiger partial charge in [-0.25, -0.2) is 13.8 Å². The average Bonchev–Trinajstić information content (AvgIpc) is 2.31. The van der Waals surface area contributed by atoms with Crippen LogP contribution in [0, 0.1) is 11.6 Å². The van der Waals surface area contributed by atoms with Gasteiger partial charge in [0.1, 0.15) is 17.4 Å². The first-order valence-electron chi connectivity index (χ1n) is 5.27. The molecule has 0 fully saturated rings. The van der Waals surface area contributed by atoms with Crippen LogP contribution in [0.3, 0.4) is 0 Å². The zero-order valence-electron chi connectivity index (χ0n) is 9.65. The zero-order valence-corrected chi connectivity index (χ0v) is 9.65. The van der Waals surface area contributed by atoms with E-state index in [-0.39, 0.29) is 11.6 Å². The van der Waals surface area contributed by atoms with Crippen LogP contribution in [0.25, 0.3) is 0 Å². The lowest BCUT2D eigenvalue weighted by molar-refractivity contribution is 0.448. The normalized spacial score (nSPS) is 10.4. The molecule has 0 aliphatic heterocycles. The Balaban J connectivity index is 2.13. The number of hydrogen-bond donors (Lipinski definition) is 1. The monoisotopic (exact) mass is 251 g/mol. The van der Waals surface area contributed by atoms with Gasteiger partial charge in [-0.2, -0.15) is 0 Å². The fraction of sp³-hybridized carbons (Fsp3) is 0.167. The van der Waals surface area contributed by atoms with Gasteiger partial charge in [-0.3, -0.25) is 4.98 Å². The summed E-state index contributed by atoms with van der Waals surface area (Å²) in [6.45, 7) is 0.585. The third-order valence-corrected chi connectivity index (χ3v) is 2.10. The minimum Gasteiger partial charge on any atom is -0.437 e. The molecule has 0 aliphatic carbocycles. The molecule has 0 unspecified atom stereocenters. The van der Waals surface area contributed by atoms with E-state index in [0.717, 1.165) is 23.9 Å². The van der Waals surface area contributed by atoms with E-state index < -0.39 is 11.6 Å². The number of nitrogens with one attached hydrogen (secondary N) is 1. The molecule has 0 aliphatic rings. The van der Waals surface area contributed by atoms with E-state index in [4.69, 9.17) is 4.74 Å². The summed E-state index contributed by atoms with van der Waals surface area (Å²) in [7, 11) is 1.79. The third-order valence-electron chi connectivity index (χ3n) is 2.10. The lowest BCUT2D eigenvalue weighted by atomic mass is 10.3. The van der Waals surface area contributed by atoms with Gasteiger partial charge in [0.15, 0.2) is 0 Å². The van der Waals surface area contributed by atoms with E-state index in [1.54, 1.807) is 7.05 Å². The molecule has 6 heteroatoms. The number of benzene rings is 1. The molecule has 2 aromatic rings. The number of nitrogens with zero attached hydrogens (tertiary/aromatic N) is 2. The molecule has 0 saturated carbocycles. The van der Waals surface area contributed by atoms with Crippen molar-refractivity contribution in [3.63, 3.8) is 0 Å². The fourth-order valence-electron chi connectivity index (χ4n) is 1.38. The summed E-state index contributed by atoms with van der Waals surface area (Å²) < 4.78 is 31.1. The maximum absolute atomic E-state index is 12.9. The zero-order chi connectivity index (χ0) is 13.0. The topological polar surface area (TPSA) is 47.0 Å². The van der Waals surface area contributed by atoms with Crippen LogP contribution < -0.4 is 10.1 Å². The Hall–Kier alpha value is -2.08. The molecule has 0 radical (unpaired) electrons. The van der Waals surface area contributed by atoms with Gasteiger partial charge < -0.3 is 10.1 Å². The van der Waals surface area contributed by atoms with E-state index in [9.17, 15) is 8.78 Å². The van der Waals surface area contributed by atoms with Crippen LogP contribution in [0.5, 0.6) is 11.6 Å². The first-order chi connectivity index (χ1) is 8.67. The minimum atomic E-state index is -0.704. The molecule has 4 nitrogen and oxygen atoms in total. The highest BCUT2D eigenvalue weighted by atomic mass is 19.1. The second-order valence-corrected chi connectivity index (χ2v) is 3.58. The van der Waals surface area contributed by atoms with Crippen molar-refractivity contribution < 1.29 is 13.5 Å². The minimum absolute atomic E-state index is 0.0446. The molecule has 0 spiro atoms. The van der Waals surface area contributed by atoms with Gasteiger partial charge in [0.25, 0.3) is 0 Å². The van der Waals surface area contributed by atoms with Crippen LogP contribution in [0.1, 0.15) is 5.69 Å². The Morgan fingerprint density at radius 2 is 1.83 bits per heavy atom. The molecule has 2 rings (SSSR count). The van der Waals surface area contributed by atoms with Gasteiger partial charge in [0.2, 0.25) is 5.88 Å². The Morgan fingerprint density at radius 3 is 2.39 bits per heavy atom. The number of ether oxygens (including phenoxy) is 1. The van der Waals surface area contributed by atoms with Gasteiger partial charge in [-0.1, -0.05) is 0 Å². The van der Waals surface area contributed by atoms with E-state index in [1.165, 1.54) is 12.4 Å². The number of aromatic nitrogens is 2. The first kappa shape index (κ1) is 12.4. The SMILES string of the molecule is CNCc1cnc(Oc2cc(F)cc(F)c2)cn1. The summed E-state index contributed by atoms with van der Waals surface area (Å²) in [5, 5.41) is 2.93. The first-order valence-corrected chi connectivity index (χ1v) is 5.27. The highest BCUT2D eigenvalue weighted by Gasteiger charge is 2.04. The number of hydrogen-bond acceptors (Lipinski definition) is 4. The van der Waals surface area contributed by atoms with Gasteiger partial charge >= 0.3 is 0 Å². The Kier molecular flexibility index (Phi) is 3.78. The molecule has 1 heterocycles. The van der Waals surface area contributed by atoms with Crippen LogP contribution in [0.2, 0.25) is 0 Å². The molecule has 0 saturated heterocycles. The van der Waals surface area contributed by atoms with Gasteiger partial charge in [0.05, 0.1) is 18.1 Å². The number of halogens is 2. The second kappa shape index (κ2) is 5.50. The molecule has 1 aromatic heterocycles. The summed E-state index contributed by atoms with van der Waals surface area (Å²) >= 11 is 0. The lowest BCUT2D eigenvalue weighted by Gasteiger charge is -2.05. The van der Waals surface area contributed by atoms with Crippen molar-refractivity contribution in [1.82, 2.24) is 15.3 Å². The molecule has 18 heavy (non-hydrogen) atoms. The van der Waals surface area contributed by atoms with Crippen molar-refractivity contribution >= 4 is 0 Å². The van der Waals surface area contributed by atoms with Crippen molar-refractivity contribution in [2.45, 2.75) is 6.54 Å². The van der Waals surface area contributed by atoms with Crippen LogP contribution >= 0.6 is 0 Å². The Bertz CT molecular complexity index is 511. The highest BCUT2D eigenvalue weighted by Crippen LogP contribution is 2.20. The lowest BCUT2D eigenvalue weighted by Crippen LogP contribution is -2.07. The average molecular weight is 251 g/mol. The molecule has 0 amide bonds. The van der Waals surface area contributed by atoms with Crippen molar-refractivity contribution in [3.8, 4) is 11.6 Å². The molecular formula is C12H11F2N3O. The smallest absolute Gasteiger partial charge is 0.237 e. The third kappa shape index (κ3) is 3.21. The van der Waals surface area contributed by atoms with Crippen LogP contribution in [0.4, 0.5) is 8.78 Å². The highest BCUT2D eigenvalue weighted by molar-refractivity contribution is 5.27. The number of rotatable bonds is 4. The summed E-state index contributed by atoms with van der Waals surface area (Å²) in [5.41, 5.74) is 0.746. The van der Waals surface area contributed by atoms with E-state index >= 15 is 0 Å².